The Hall–Kier alpha value is -1.17. The van der Waals surface area contributed by atoms with E-state index >= 15 is 0 Å². The molecule has 0 aliphatic carbocycles. The molecule has 5 heteroatoms. The number of rotatable bonds is 4. The standard InChI is InChI=1S/C15H18BrN3O/c16-13-3-1-12(2-4-13)14(20)5-7-18-9-10-19-8-6-17-15(19)11-18/h1-4,6,8,14,20H,5,7,9-11H2. The van der Waals surface area contributed by atoms with Gasteiger partial charge in [0.05, 0.1) is 12.6 Å². The van der Waals surface area contributed by atoms with Crippen LogP contribution in [-0.2, 0) is 13.1 Å². The molecule has 1 aromatic carbocycles. The summed E-state index contributed by atoms with van der Waals surface area (Å²) in [6, 6.07) is 7.88. The van der Waals surface area contributed by atoms with Crippen molar-refractivity contribution in [3.05, 3.63) is 52.5 Å². The Bertz CT molecular complexity index is 567. The Morgan fingerprint density at radius 2 is 2.05 bits per heavy atom. The first-order valence-corrected chi connectivity index (χ1v) is 7.67. The van der Waals surface area contributed by atoms with Crippen LogP contribution in [0.5, 0.6) is 0 Å². The molecule has 0 bridgehead atoms. The van der Waals surface area contributed by atoms with E-state index in [4.69, 9.17) is 0 Å². The van der Waals surface area contributed by atoms with Crippen molar-refractivity contribution in [2.75, 3.05) is 13.1 Å². The number of imidazole rings is 1. The van der Waals surface area contributed by atoms with Gasteiger partial charge in [-0.05, 0) is 24.1 Å². The van der Waals surface area contributed by atoms with Crippen molar-refractivity contribution < 1.29 is 5.11 Å². The fraction of sp³-hybridized carbons (Fsp3) is 0.400. The monoisotopic (exact) mass is 335 g/mol. The second kappa shape index (κ2) is 6.08. The quantitative estimate of drug-likeness (QED) is 0.933. The van der Waals surface area contributed by atoms with Crippen LogP contribution in [0.3, 0.4) is 0 Å². The molecule has 2 aromatic rings. The van der Waals surface area contributed by atoms with Gasteiger partial charge in [-0.2, -0.15) is 0 Å². The van der Waals surface area contributed by atoms with Crippen LogP contribution in [-0.4, -0.2) is 32.6 Å². The zero-order valence-corrected chi connectivity index (χ0v) is 12.8. The zero-order chi connectivity index (χ0) is 13.9. The summed E-state index contributed by atoms with van der Waals surface area (Å²) in [5.74, 6) is 1.12. The molecule has 0 saturated heterocycles. The lowest BCUT2D eigenvalue weighted by atomic mass is 10.1. The van der Waals surface area contributed by atoms with Gasteiger partial charge in [-0.1, -0.05) is 28.1 Å². The third-order valence-corrected chi connectivity index (χ3v) is 4.33. The second-order valence-corrected chi connectivity index (χ2v) is 6.08. The molecule has 1 aliphatic heterocycles. The van der Waals surface area contributed by atoms with E-state index in [1.807, 2.05) is 36.7 Å². The van der Waals surface area contributed by atoms with E-state index in [-0.39, 0.29) is 0 Å². The predicted molar refractivity (Wildman–Crippen MR) is 81.2 cm³/mol. The van der Waals surface area contributed by atoms with Gasteiger partial charge in [-0.15, -0.1) is 0 Å². The van der Waals surface area contributed by atoms with Crippen molar-refractivity contribution in [2.45, 2.75) is 25.6 Å². The second-order valence-electron chi connectivity index (χ2n) is 5.17. The topological polar surface area (TPSA) is 41.3 Å². The lowest BCUT2D eigenvalue weighted by Crippen LogP contribution is -2.34. The molecular weight excluding hydrogens is 318 g/mol. The number of aliphatic hydroxyl groups is 1. The lowest BCUT2D eigenvalue weighted by molar-refractivity contribution is 0.130. The van der Waals surface area contributed by atoms with E-state index in [0.717, 1.165) is 48.5 Å². The van der Waals surface area contributed by atoms with Crippen LogP contribution in [0.2, 0.25) is 0 Å². The minimum Gasteiger partial charge on any atom is -0.388 e. The van der Waals surface area contributed by atoms with Gasteiger partial charge in [0.1, 0.15) is 5.82 Å². The Balaban J connectivity index is 1.54. The number of nitrogens with zero attached hydrogens (tertiary/aromatic N) is 3. The van der Waals surface area contributed by atoms with Crippen LogP contribution in [0, 0.1) is 0 Å². The minimum absolute atomic E-state index is 0.398. The van der Waals surface area contributed by atoms with Gasteiger partial charge < -0.3 is 9.67 Å². The van der Waals surface area contributed by atoms with Gasteiger partial charge >= 0.3 is 0 Å². The van der Waals surface area contributed by atoms with Crippen molar-refractivity contribution in [3.8, 4) is 0 Å². The van der Waals surface area contributed by atoms with Crippen molar-refractivity contribution >= 4 is 15.9 Å². The molecule has 0 fully saturated rings. The molecule has 4 nitrogen and oxygen atoms in total. The first-order chi connectivity index (χ1) is 9.72. The molecule has 0 amide bonds. The Kier molecular flexibility index (Phi) is 4.19. The van der Waals surface area contributed by atoms with Gasteiger partial charge in [-0.3, -0.25) is 4.90 Å². The number of benzene rings is 1. The highest BCUT2D eigenvalue weighted by Crippen LogP contribution is 2.20. The average Bonchev–Trinajstić information content (AvgIpc) is 2.93. The number of hydrogen-bond donors (Lipinski definition) is 1. The summed E-state index contributed by atoms with van der Waals surface area (Å²) in [4.78, 5) is 6.71. The average molecular weight is 336 g/mol. The fourth-order valence-corrected chi connectivity index (χ4v) is 2.84. The van der Waals surface area contributed by atoms with Crippen molar-refractivity contribution in [1.82, 2.24) is 14.5 Å². The summed E-state index contributed by atoms with van der Waals surface area (Å²) in [6.07, 6.45) is 4.24. The number of fused-ring (bicyclic) bond motifs is 1. The van der Waals surface area contributed by atoms with Gasteiger partial charge in [-0.25, -0.2) is 4.98 Å². The highest BCUT2D eigenvalue weighted by Gasteiger charge is 2.17. The van der Waals surface area contributed by atoms with Gasteiger partial charge in [0.25, 0.3) is 0 Å². The molecule has 3 rings (SSSR count). The largest absolute Gasteiger partial charge is 0.388 e. The number of halogens is 1. The Morgan fingerprint density at radius 1 is 1.25 bits per heavy atom. The molecule has 106 valence electrons. The maximum Gasteiger partial charge on any atom is 0.122 e. The summed E-state index contributed by atoms with van der Waals surface area (Å²) in [6.45, 7) is 3.78. The molecule has 1 aromatic heterocycles. The van der Waals surface area contributed by atoms with Crippen molar-refractivity contribution in [1.29, 1.82) is 0 Å². The predicted octanol–water partition coefficient (Wildman–Crippen LogP) is 2.58. The van der Waals surface area contributed by atoms with Crippen LogP contribution in [0.15, 0.2) is 41.1 Å². The summed E-state index contributed by atoms with van der Waals surface area (Å²) >= 11 is 3.41. The molecule has 0 radical (unpaired) electrons. The maximum absolute atomic E-state index is 10.2. The highest BCUT2D eigenvalue weighted by atomic mass is 79.9. The fourth-order valence-electron chi connectivity index (χ4n) is 2.57. The zero-order valence-electron chi connectivity index (χ0n) is 11.2. The Labute approximate surface area is 127 Å². The molecule has 1 atom stereocenters. The maximum atomic E-state index is 10.2. The summed E-state index contributed by atoms with van der Waals surface area (Å²) in [5, 5.41) is 10.2. The van der Waals surface area contributed by atoms with Crippen LogP contribution >= 0.6 is 15.9 Å². The van der Waals surface area contributed by atoms with Crippen LogP contribution in [0.1, 0.15) is 23.9 Å². The van der Waals surface area contributed by atoms with Crippen LogP contribution < -0.4 is 0 Å². The highest BCUT2D eigenvalue weighted by molar-refractivity contribution is 9.10. The van der Waals surface area contributed by atoms with E-state index in [9.17, 15) is 5.11 Å². The summed E-state index contributed by atoms with van der Waals surface area (Å²) in [7, 11) is 0. The van der Waals surface area contributed by atoms with E-state index in [1.54, 1.807) is 0 Å². The van der Waals surface area contributed by atoms with Gasteiger partial charge in [0.2, 0.25) is 0 Å². The van der Waals surface area contributed by atoms with E-state index < -0.39 is 6.10 Å². The Morgan fingerprint density at radius 3 is 2.85 bits per heavy atom. The normalized spacial score (nSPS) is 16.9. The SMILES string of the molecule is OC(CCN1CCn2ccnc2C1)c1ccc(Br)cc1. The van der Waals surface area contributed by atoms with Crippen molar-refractivity contribution in [3.63, 3.8) is 0 Å². The molecule has 2 heterocycles. The first-order valence-electron chi connectivity index (χ1n) is 6.88. The number of hydrogen-bond acceptors (Lipinski definition) is 3. The number of aromatic nitrogens is 2. The third-order valence-electron chi connectivity index (χ3n) is 3.80. The summed E-state index contributed by atoms with van der Waals surface area (Å²) < 4.78 is 3.23. The molecule has 1 unspecified atom stereocenters. The van der Waals surface area contributed by atoms with Crippen LogP contribution in [0.25, 0.3) is 0 Å². The molecule has 1 aliphatic rings. The molecule has 0 spiro atoms. The lowest BCUT2D eigenvalue weighted by Gasteiger charge is -2.28. The minimum atomic E-state index is -0.398. The molecule has 1 N–H and O–H groups in total. The van der Waals surface area contributed by atoms with E-state index in [2.05, 4.69) is 30.4 Å². The van der Waals surface area contributed by atoms with Gasteiger partial charge in [0, 0.05) is 36.5 Å². The first kappa shape index (κ1) is 13.8. The molecule has 0 saturated carbocycles. The third kappa shape index (κ3) is 3.11. The summed E-state index contributed by atoms with van der Waals surface area (Å²) in [5.41, 5.74) is 0.978. The smallest absolute Gasteiger partial charge is 0.122 e. The molecular formula is C15H18BrN3O. The molecule has 20 heavy (non-hydrogen) atoms. The van der Waals surface area contributed by atoms with Gasteiger partial charge in [0.15, 0.2) is 0 Å². The van der Waals surface area contributed by atoms with Crippen molar-refractivity contribution in [2.24, 2.45) is 0 Å². The number of aliphatic hydroxyl groups excluding tert-OH is 1. The van der Waals surface area contributed by atoms with E-state index in [1.165, 1.54) is 0 Å². The van der Waals surface area contributed by atoms with Crippen LogP contribution in [0.4, 0.5) is 0 Å². The van der Waals surface area contributed by atoms with E-state index in [0.29, 0.717) is 0 Å².